The van der Waals surface area contributed by atoms with Gasteiger partial charge in [-0.25, -0.2) is 9.78 Å². The molecule has 1 aromatic heterocycles. The van der Waals surface area contributed by atoms with Gasteiger partial charge in [0.25, 0.3) is 5.91 Å². The Morgan fingerprint density at radius 3 is 2.31 bits per heavy atom. The predicted octanol–water partition coefficient (Wildman–Crippen LogP) is 3.89. The lowest BCUT2D eigenvalue weighted by atomic mass is 10.1. The van der Waals surface area contributed by atoms with Crippen molar-refractivity contribution in [2.45, 2.75) is 71.3 Å². The third-order valence-electron chi connectivity index (χ3n) is 6.12. The molecule has 2 rings (SSSR count). The summed E-state index contributed by atoms with van der Waals surface area (Å²) in [4.78, 5) is 32.8. The van der Waals surface area contributed by atoms with E-state index in [2.05, 4.69) is 49.1 Å². The molecule has 0 spiro atoms. The Morgan fingerprint density at radius 2 is 1.81 bits per heavy atom. The van der Waals surface area contributed by atoms with Crippen LogP contribution in [0.25, 0.3) is 0 Å². The van der Waals surface area contributed by atoms with E-state index in [0.29, 0.717) is 31.9 Å². The second-order valence-electron chi connectivity index (χ2n) is 10.8. The lowest BCUT2D eigenvalue weighted by molar-refractivity contribution is 0.0199. The standard InChI is InChI=1S/C23H40N4O4Si/c1-22(2,3)31-21(29)26-12-13-27(17-10-11-19(25-14-17)20(28)24-7)18(15-26)16-30-32(8,9)23(4,5)6/h10-11,14,18H,12-13,15-16H2,1-9H3,(H,24,28). The molecule has 0 bridgehead atoms. The second-order valence-corrected chi connectivity index (χ2v) is 15.6. The Hall–Kier alpha value is -2.13. The molecule has 0 aliphatic carbocycles. The van der Waals surface area contributed by atoms with E-state index in [0.717, 1.165) is 5.69 Å². The van der Waals surface area contributed by atoms with E-state index < -0.39 is 13.9 Å². The van der Waals surface area contributed by atoms with E-state index in [1.54, 1.807) is 24.2 Å². The normalized spacial score (nSPS) is 17.8. The van der Waals surface area contributed by atoms with Gasteiger partial charge in [0.2, 0.25) is 0 Å². The van der Waals surface area contributed by atoms with Crippen molar-refractivity contribution in [1.29, 1.82) is 0 Å². The Labute approximate surface area is 193 Å². The molecule has 0 aromatic carbocycles. The summed E-state index contributed by atoms with van der Waals surface area (Å²) in [5.41, 5.74) is 0.740. The van der Waals surface area contributed by atoms with E-state index in [1.807, 2.05) is 26.8 Å². The highest BCUT2D eigenvalue weighted by Gasteiger charge is 2.39. The quantitative estimate of drug-likeness (QED) is 0.666. The number of hydrogen-bond donors (Lipinski definition) is 1. The first kappa shape index (κ1) is 26.1. The van der Waals surface area contributed by atoms with E-state index >= 15 is 0 Å². The Balaban J connectivity index is 2.23. The summed E-state index contributed by atoms with van der Waals surface area (Å²) in [6.45, 7) is 18.9. The van der Waals surface area contributed by atoms with Crippen LogP contribution in [0.4, 0.5) is 10.5 Å². The second kappa shape index (κ2) is 9.78. The molecule has 8 nitrogen and oxygen atoms in total. The molecule has 180 valence electrons. The molecular weight excluding hydrogens is 424 g/mol. The van der Waals surface area contributed by atoms with Crippen molar-refractivity contribution in [2.24, 2.45) is 0 Å². The lowest BCUT2D eigenvalue weighted by Crippen LogP contribution is -2.58. The molecule has 2 heterocycles. The molecule has 1 aliphatic rings. The van der Waals surface area contributed by atoms with Crippen molar-refractivity contribution < 1.29 is 18.8 Å². The summed E-state index contributed by atoms with van der Waals surface area (Å²) < 4.78 is 12.1. The molecule has 1 atom stereocenters. The lowest BCUT2D eigenvalue weighted by Gasteiger charge is -2.45. The summed E-state index contributed by atoms with van der Waals surface area (Å²) >= 11 is 0. The van der Waals surface area contributed by atoms with Gasteiger partial charge in [0.15, 0.2) is 8.32 Å². The van der Waals surface area contributed by atoms with Crippen LogP contribution >= 0.6 is 0 Å². The molecule has 1 fully saturated rings. The number of carbonyl (C=O) groups is 2. The molecule has 0 saturated carbocycles. The summed E-state index contributed by atoms with van der Waals surface area (Å²) in [5, 5.41) is 2.68. The van der Waals surface area contributed by atoms with Crippen molar-refractivity contribution in [3.05, 3.63) is 24.0 Å². The van der Waals surface area contributed by atoms with Crippen LogP contribution in [0.2, 0.25) is 18.1 Å². The number of pyridine rings is 1. The number of nitrogens with one attached hydrogen (secondary N) is 1. The van der Waals surface area contributed by atoms with Gasteiger partial charge < -0.3 is 24.3 Å². The first-order chi connectivity index (χ1) is 14.6. The Bertz CT molecular complexity index is 800. The fourth-order valence-corrected chi connectivity index (χ4v) is 4.21. The van der Waals surface area contributed by atoms with E-state index in [9.17, 15) is 9.59 Å². The molecule has 1 saturated heterocycles. The van der Waals surface area contributed by atoms with Crippen molar-refractivity contribution >= 4 is 26.0 Å². The van der Waals surface area contributed by atoms with Gasteiger partial charge in [-0.3, -0.25) is 4.79 Å². The van der Waals surface area contributed by atoms with Crippen LogP contribution in [-0.4, -0.2) is 75.1 Å². The van der Waals surface area contributed by atoms with Crippen molar-refractivity contribution in [3.8, 4) is 0 Å². The van der Waals surface area contributed by atoms with Crippen molar-refractivity contribution in [3.63, 3.8) is 0 Å². The van der Waals surface area contributed by atoms with E-state index in [1.165, 1.54) is 0 Å². The average molecular weight is 465 g/mol. The zero-order chi connectivity index (χ0) is 24.3. The highest BCUT2D eigenvalue weighted by atomic mass is 28.4. The van der Waals surface area contributed by atoms with Gasteiger partial charge in [-0.05, 0) is 51.0 Å². The highest BCUT2D eigenvalue weighted by molar-refractivity contribution is 6.74. The van der Waals surface area contributed by atoms with Crippen molar-refractivity contribution in [1.82, 2.24) is 15.2 Å². The minimum atomic E-state index is -1.97. The first-order valence-corrected chi connectivity index (χ1v) is 14.1. The minimum absolute atomic E-state index is 0.0435. The summed E-state index contributed by atoms with van der Waals surface area (Å²) in [6, 6.07) is 3.58. The minimum Gasteiger partial charge on any atom is -0.444 e. The van der Waals surface area contributed by atoms with Gasteiger partial charge in [0.05, 0.1) is 24.5 Å². The largest absolute Gasteiger partial charge is 0.444 e. The predicted molar refractivity (Wildman–Crippen MR) is 130 cm³/mol. The van der Waals surface area contributed by atoms with Crippen molar-refractivity contribution in [2.75, 3.05) is 38.2 Å². The fraction of sp³-hybridized carbons (Fsp3) is 0.696. The summed E-state index contributed by atoms with van der Waals surface area (Å²) in [5.74, 6) is -0.218. The van der Waals surface area contributed by atoms with Gasteiger partial charge >= 0.3 is 6.09 Å². The fourth-order valence-electron chi connectivity index (χ4n) is 3.17. The first-order valence-electron chi connectivity index (χ1n) is 11.2. The zero-order valence-electron chi connectivity index (χ0n) is 21.1. The zero-order valence-corrected chi connectivity index (χ0v) is 22.1. The van der Waals surface area contributed by atoms with Crippen LogP contribution in [0, 0.1) is 0 Å². The smallest absolute Gasteiger partial charge is 0.410 e. The molecule has 32 heavy (non-hydrogen) atoms. The molecule has 1 unspecified atom stereocenters. The number of carbonyl (C=O) groups excluding carboxylic acids is 2. The number of nitrogens with zero attached hydrogens (tertiary/aromatic N) is 3. The van der Waals surface area contributed by atoms with Crippen LogP contribution in [0.3, 0.4) is 0 Å². The number of aromatic nitrogens is 1. The Morgan fingerprint density at radius 1 is 1.16 bits per heavy atom. The molecule has 0 radical (unpaired) electrons. The number of anilines is 1. The number of amides is 2. The molecule has 1 N–H and O–H groups in total. The van der Waals surface area contributed by atoms with E-state index in [4.69, 9.17) is 9.16 Å². The maximum absolute atomic E-state index is 12.7. The number of ether oxygens (including phenoxy) is 1. The third kappa shape index (κ3) is 6.68. The molecule has 1 aromatic rings. The van der Waals surface area contributed by atoms with Crippen LogP contribution in [0.15, 0.2) is 18.3 Å². The maximum atomic E-state index is 12.7. The van der Waals surface area contributed by atoms with Gasteiger partial charge in [0.1, 0.15) is 11.3 Å². The van der Waals surface area contributed by atoms with Gasteiger partial charge in [-0.15, -0.1) is 0 Å². The van der Waals surface area contributed by atoms with Gasteiger partial charge in [0, 0.05) is 26.7 Å². The monoisotopic (exact) mass is 464 g/mol. The summed E-state index contributed by atoms with van der Waals surface area (Å²) in [6.07, 6.45) is 1.41. The SMILES string of the molecule is CNC(=O)c1ccc(N2CCN(C(=O)OC(C)(C)C)CC2CO[Si](C)(C)C(C)(C)C)cn1. The summed E-state index contributed by atoms with van der Waals surface area (Å²) in [7, 11) is -0.380. The molecular formula is C23H40N4O4Si. The Kier molecular flexibility index (Phi) is 7.99. The molecule has 9 heteroatoms. The highest BCUT2D eigenvalue weighted by Crippen LogP contribution is 2.37. The topological polar surface area (TPSA) is 84.0 Å². The molecule has 1 aliphatic heterocycles. The van der Waals surface area contributed by atoms with Gasteiger partial charge in [-0.1, -0.05) is 20.8 Å². The van der Waals surface area contributed by atoms with Crippen LogP contribution in [-0.2, 0) is 9.16 Å². The third-order valence-corrected chi connectivity index (χ3v) is 10.6. The van der Waals surface area contributed by atoms with Crippen LogP contribution in [0.5, 0.6) is 0 Å². The number of rotatable bonds is 5. The average Bonchev–Trinajstić information content (AvgIpc) is 2.69. The maximum Gasteiger partial charge on any atom is 0.410 e. The number of piperazine rings is 1. The number of hydrogen-bond acceptors (Lipinski definition) is 6. The van der Waals surface area contributed by atoms with Crippen LogP contribution in [0.1, 0.15) is 52.0 Å². The van der Waals surface area contributed by atoms with Gasteiger partial charge in [-0.2, -0.15) is 0 Å². The molecule has 2 amide bonds. The van der Waals surface area contributed by atoms with Crippen LogP contribution < -0.4 is 10.2 Å². The van der Waals surface area contributed by atoms with E-state index in [-0.39, 0.29) is 23.1 Å².